The lowest BCUT2D eigenvalue weighted by Gasteiger charge is -2.42. The van der Waals surface area contributed by atoms with Crippen molar-refractivity contribution in [3.05, 3.63) is 0 Å². The van der Waals surface area contributed by atoms with Gasteiger partial charge in [0.25, 0.3) is 0 Å². The van der Waals surface area contributed by atoms with Crippen LogP contribution in [0.25, 0.3) is 0 Å². The molecule has 0 aliphatic carbocycles. The highest BCUT2D eigenvalue weighted by Gasteiger charge is 2.46. The topological polar surface area (TPSA) is 40.6 Å². The first-order valence-corrected chi connectivity index (χ1v) is 7.03. The van der Waals surface area contributed by atoms with Crippen molar-refractivity contribution in [1.29, 1.82) is 0 Å². The van der Waals surface area contributed by atoms with Gasteiger partial charge in [-0.2, -0.15) is 13.2 Å². The molecule has 0 aromatic rings. The highest BCUT2D eigenvalue weighted by molar-refractivity contribution is 5.97. The van der Waals surface area contributed by atoms with Gasteiger partial charge in [-0.3, -0.25) is 9.59 Å². The molecule has 2 rings (SSSR count). The van der Waals surface area contributed by atoms with Crippen LogP contribution in [0, 0.1) is 0 Å². The Morgan fingerprint density at radius 3 is 2.55 bits per heavy atom. The predicted octanol–water partition coefficient (Wildman–Crippen LogP) is 1.94. The summed E-state index contributed by atoms with van der Waals surface area (Å²) in [5.41, 5.74) is 0. The molecule has 114 valence electrons. The van der Waals surface area contributed by atoms with E-state index in [0.29, 0.717) is 19.4 Å². The van der Waals surface area contributed by atoms with E-state index in [1.54, 1.807) is 11.8 Å². The van der Waals surface area contributed by atoms with Gasteiger partial charge in [-0.15, -0.1) is 0 Å². The molecule has 2 unspecified atom stereocenters. The van der Waals surface area contributed by atoms with Gasteiger partial charge in [-0.05, 0) is 25.7 Å². The van der Waals surface area contributed by atoms with Crippen molar-refractivity contribution >= 4 is 11.8 Å². The average Bonchev–Trinajstić information content (AvgIpc) is 2.83. The number of halogens is 3. The molecule has 2 saturated heterocycles. The van der Waals surface area contributed by atoms with E-state index >= 15 is 0 Å². The van der Waals surface area contributed by atoms with Gasteiger partial charge in [0.1, 0.15) is 12.1 Å². The third kappa shape index (κ3) is 2.91. The lowest BCUT2D eigenvalue weighted by Crippen LogP contribution is -2.62. The van der Waals surface area contributed by atoms with Gasteiger partial charge >= 0.3 is 6.18 Å². The Bertz CT molecular complexity index is 398. The first-order chi connectivity index (χ1) is 9.35. The monoisotopic (exact) mass is 292 g/mol. The van der Waals surface area contributed by atoms with Gasteiger partial charge in [0.2, 0.25) is 11.8 Å². The maximum absolute atomic E-state index is 12.3. The molecule has 2 amide bonds. The van der Waals surface area contributed by atoms with Crippen molar-refractivity contribution in [2.75, 3.05) is 13.1 Å². The second-order valence-corrected chi connectivity index (χ2v) is 5.36. The second kappa shape index (κ2) is 5.61. The van der Waals surface area contributed by atoms with Crippen LogP contribution in [0.3, 0.4) is 0 Å². The lowest BCUT2D eigenvalue weighted by molar-refractivity contribution is -0.161. The summed E-state index contributed by atoms with van der Waals surface area (Å²) in [5, 5.41) is 0. The number of piperazine rings is 1. The standard InChI is InChI=1S/C13H19F3N2O2/c1-2-9-11(19)18-7-3-5-10(18)12(20)17(9)8-4-6-13(14,15)16/h9-10H,2-8H2,1H3. The number of fused-ring (bicyclic) bond motifs is 1. The van der Waals surface area contributed by atoms with E-state index in [1.807, 2.05) is 0 Å². The average molecular weight is 292 g/mol. The third-order valence-corrected chi connectivity index (χ3v) is 4.01. The highest BCUT2D eigenvalue weighted by Crippen LogP contribution is 2.29. The Morgan fingerprint density at radius 1 is 1.25 bits per heavy atom. The summed E-state index contributed by atoms with van der Waals surface area (Å²) in [6.45, 7) is 2.37. The molecule has 2 atom stereocenters. The van der Waals surface area contributed by atoms with E-state index in [9.17, 15) is 22.8 Å². The Kier molecular flexibility index (Phi) is 4.25. The first-order valence-electron chi connectivity index (χ1n) is 7.03. The highest BCUT2D eigenvalue weighted by atomic mass is 19.4. The van der Waals surface area contributed by atoms with E-state index < -0.39 is 24.7 Å². The smallest absolute Gasteiger partial charge is 0.329 e. The molecule has 7 heteroatoms. The van der Waals surface area contributed by atoms with E-state index in [0.717, 1.165) is 6.42 Å². The summed E-state index contributed by atoms with van der Waals surface area (Å²) < 4.78 is 36.6. The number of carbonyl (C=O) groups excluding carboxylic acids is 2. The number of rotatable bonds is 4. The molecule has 2 aliphatic rings. The lowest BCUT2D eigenvalue weighted by atomic mass is 10.0. The van der Waals surface area contributed by atoms with Gasteiger partial charge in [-0.1, -0.05) is 6.92 Å². The van der Waals surface area contributed by atoms with Gasteiger partial charge in [-0.25, -0.2) is 0 Å². The number of amides is 2. The molecule has 0 aromatic heterocycles. The maximum atomic E-state index is 12.3. The summed E-state index contributed by atoms with van der Waals surface area (Å²) in [5.74, 6) is -0.294. The minimum Gasteiger partial charge on any atom is -0.329 e. The molecule has 0 N–H and O–H groups in total. The fourth-order valence-corrected chi connectivity index (χ4v) is 3.07. The Balaban J connectivity index is 2.05. The third-order valence-electron chi connectivity index (χ3n) is 4.01. The Hall–Kier alpha value is -1.27. The minimum absolute atomic E-state index is 0.00687. The zero-order valence-electron chi connectivity index (χ0n) is 11.4. The van der Waals surface area contributed by atoms with Crippen LogP contribution in [0.1, 0.15) is 39.0 Å². The molecule has 4 nitrogen and oxygen atoms in total. The van der Waals surface area contributed by atoms with Crippen LogP contribution in [0.15, 0.2) is 0 Å². The first kappa shape index (κ1) is 15.1. The van der Waals surface area contributed by atoms with Gasteiger partial charge < -0.3 is 9.80 Å². The molecule has 20 heavy (non-hydrogen) atoms. The Labute approximate surface area is 115 Å². The van der Waals surface area contributed by atoms with Gasteiger partial charge in [0.05, 0.1) is 0 Å². The van der Waals surface area contributed by atoms with Crippen LogP contribution in [-0.4, -0.2) is 53.0 Å². The number of hydrogen-bond acceptors (Lipinski definition) is 2. The van der Waals surface area contributed by atoms with E-state index in [2.05, 4.69) is 0 Å². The SMILES string of the molecule is CCC1C(=O)N2CCCC2C(=O)N1CCCC(F)(F)F. The van der Waals surface area contributed by atoms with E-state index in [-0.39, 0.29) is 24.8 Å². The molecule has 0 spiro atoms. The molecule has 2 fully saturated rings. The van der Waals surface area contributed by atoms with Crippen molar-refractivity contribution in [1.82, 2.24) is 9.80 Å². The van der Waals surface area contributed by atoms with E-state index in [4.69, 9.17) is 0 Å². The minimum atomic E-state index is -4.22. The molecular formula is C13H19F3N2O2. The number of nitrogens with zero attached hydrogens (tertiary/aromatic N) is 2. The number of alkyl halides is 3. The predicted molar refractivity (Wildman–Crippen MR) is 65.8 cm³/mol. The van der Waals surface area contributed by atoms with Crippen LogP contribution in [0.5, 0.6) is 0 Å². The van der Waals surface area contributed by atoms with Crippen molar-refractivity contribution in [3.8, 4) is 0 Å². The molecule has 2 aliphatic heterocycles. The van der Waals surface area contributed by atoms with Gasteiger partial charge in [0, 0.05) is 19.5 Å². The quantitative estimate of drug-likeness (QED) is 0.794. The summed E-state index contributed by atoms with van der Waals surface area (Å²) >= 11 is 0. The molecule has 0 saturated carbocycles. The van der Waals surface area contributed by atoms with Crippen molar-refractivity contribution < 1.29 is 22.8 Å². The largest absolute Gasteiger partial charge is 0.389 e. The van der Waals surface area contributed by atoms with Crippen molar-refractivity contribution in [2.45, 2.75) is 57.3 Å². The fourth-order valence-electron chi connectivity index (χ4n) is 3.07. The Morgan fingerprint density at radius 2 is 1.95 bits per heavy atom. The zero-order chi connectivity index (χ0) is 14.9. The van der Waals surface area contributed by atoms with Crippen molar-refractivity contribution in [2.24, 2.45) is 0 Å². The number of hydrogen-bond donors (Lipinski definition) is 0. The molecule has 0 bridgehead atoms. The molecule has 0 aromatic carbocycles. The number of carbonyl (C=O) groups is 2. The van der Waals surface area contributed by atoms with Crippen LogP contribution < -0.4 is 0 Å². The van der Waals surface area contributed by atoms with E-state index in [1.165, 1.54) is 4.90 Å². The van der Waals surface area contributed by atoms with Crippen molar-refractivity contribution in [3.63, 3.8) is 0 Å². The van der Waals surface area contributed by atoms with Crippen LogP contribution >= 0.6 is 0 Å². The summed E-state index contributed by atoms with van der Waals surface area (Å²) in [4.78, 5) is 27.5. The summed E-state index contributed by atoms with van der Waals surface area (Å²) in [6, 6.07) is -1.04. The normalized spacial score (nSPS) is 27.2. The second-order valence-electron chi connectivity index (χ2n) is 5.36. The molecule has 2 heterocycles. The van der Waals surface area contributed by atoms with Gasteiger partial charge in [0.15, 0.2) is 0 Å². The molecule has 0 radical (unpaired) electrons. The van der Waals surface area contributed by atoms with Crippen LogP contribution in [0.2, 0.25) is 0 Å². The molecular weight excluding hydrogens is 273 g/mol. The zero-order valence-corrected chi connectivity index (χ0v) is 11.4. The maximum Gasteiger partial charge on any atom is 0.389 e. The van der Waals surface area contributed by atoms with Crippen LogP contribution in [-0.2, 0) is 9.59 Å². The van der Waals surface area contributed by atoms with Crippen LogP contribution in [0.4, 0.5) is 13.2 Å². The summed E-state index contributed by atoms with van der Waals surface area (Å²) in [7, 11) is 0. The fraction of sp³-hybridized carbons (Fsp3) is 0.846. The summed E-state index contributed by atoms with van der Waals surface area (Å²) in [6.07, 6.45) is -3.43.